The quantitative estimate of drug-likeness (QED) is 0.543. The molecule has 8 heteroatoms. The number of carbonyl (C=O) groups is 3. The highest BCUT2D eigenvalue weighted by molar-refractivity contribution is 6.04. The van der Waals surface area contributed by atoms with Gasteiger partial charge in [0.25, 0.3) is 0 Å². The van der Waals surface area contributed by atoms with Crippen molar-refractivity contribution in [3.05, 3.63) is 52.6 Å². The number of hydrogen-bond acceptors (Lipinski definition) is 5. The number of Topliss-reactive ketones (excluding diaryl/α,β-unsaturated/α-hetero) is 1. The number of urea groups is 1. The Hall–Kier alpha value is -3.16. The maximum absolute atomic E-state index is 13.2. The van der Waals surface area contributed by atoms with E-state index in [1.165, 1.54) is 12.0 Å². The Kier molecular flexibility index (Phi) is 7.52. The molecule has 2 heterocycles. The fourth-order valence-electron chi connectivity index (χ4n) is 3.49. The minimum Gasteiger partial charge on any atom is -0.464 e. The van der Waals surface area contributed by atoms with Gasteiger partial charge < -0.3 is 19.5 Å². The Labute approximate surface area is 170 Å². The van der Waals surface area contributed by atoms with E-state index in [1.807, 2.05) is 19.9 Å². The molecule has 2 rings (SSSR count). The zero-order chi connectivity index (χ0) is 21.6. The monoisotopic (exact) mass is 400 g/mol. The average Bonchev–Trinajstić information content (AvgIpc) is 2.97. The Morgan fingerprint density at radius 2 is 1.97 bits per heavy atom. The first-order valence-corrected chi connectivity index (χ1v) is 9.58. The smallest absolute Gasteiger partial charge is 0.354 e. The molecule has 0 aliphatic carbocycles. The number of nitrogens with zero attached hydrogens (tertiary/aromatic N) is 3. The lowest BCUT2D eigenvalue weighted by Crippen LogP contribution is -2.42. The van der Waals surface area contributed by atoms with Crippen LogP contribution in [0, 0.1) is 13.8 Å². The molecule has 0 aliphatic heterocycles. The molecule has 2 amide bonds. The molecule has 2 aromatic rings. The maximum Gasteiger partial charge on any atom is 0.354 e. The van der Waals surface area contributed by atoms with Crippen LogP contribution in [0.5, 0.6) is 0 Å². The van der Waals surface area contributed by atoms with Crippen molar-refractivity contribution >= 4 is 17.8 Å². The van der Waals surface area contributed by atoms with E-state index in [0.29, 0.717) is 35.6 Å². The van der Waals surface area contributed by atoms with Gasteiger partial charge in [-0.05, 0) is 44.9 Å². The standard InChI is InChI=1S/C21H28N4O4/c1-6-23-21(28)24(12-16-9-8-10-22-11-16)13-17(26)18-14(3)19(20(27)29-5)25(7-2)15(18)4/h8-11H,6-7,12-13H2,1-5H3,(H,23,28). The second-order valence-electron chi connectivity index (χ2n) is 6.65. The number of aromatic nitrogens is 2. The van der Waals surface area contributed by atoms with Gasteiger partial charge in [0.2, 0.25) is 0 Å². The summed E-state index contributed by atoms with van der Waals surface area (Å²) in [6, 6.07) is 3.30. The van der Waals surface area contributed by atoms with E-state index in [4.69, 9.17) is 4.74 Å². The zero-order valence-corrected chi connectivity index (χ0v) is 17.6. The highest BCUT2D eigenvalue weighted by Gasteiger charge is 2.28. The number of amides is 2. The van der Waals surface area contributed by atoms with Crippen LogP contribution >= 0.6 is 0 Å². The van der Waals surface area contributed by atoms with E-state index >= 15 is 0 Å². The summed E-state index contributed by atoms with van der Waals surface area (Å²) >= 11 is 0. The number of carbonyl (C=O) groups excluding carboxylic acids is 3. The SMILES string of the molecule is CCNC(=O)N(CC(=O)c1c(C)c(C(=O)OC)n(CC)c1C)Cc1cccnc1. The zero-order valence-electron chi connectivity index (χ0n) is 17.6. The van der Waals surface area contributed by atoms with Gasteiger partial charge in [0.1, 0.15) is 5.69 Å². The van der Waals surface area contributed by atoms with Gasteiger partial charge in [-0.1, -0.05) is 6.07 Å². The highest BCUT2D eigenvalue weighted by Crippen LogP contribution is 2.24. The van der Waals surface area contributed by atoms with Gasteiger partial charge in [-0.3, -0.25) is 9.78 Å². The number of nitrogens with one attached hydrogen (secondary N) is 1. The first-order chi connectivity index (χ1) is 13.8. The van der Waals surface area contributed by atoms with Gasteiger partial charge in [0.05, 0.1) is 13.7 Å². The second kappa shape index (κ2) is 9.86. The lowest BCUT2D eigenvalue weighted by Gasteiger charge is -2.22. The predicted molar refractivity (Wildman–Crippen MR) is 109 cm³/mol. The molecule has 0 bridgehead atoms. The molecule has 0 fully saturated rings. The van der Waals surface area contributed by atoms with Crippen molar-refractivity contribution in [1.29, 1.82) is 0 Å². The van der Waals surface area contributed by atoms with Crippen LogP contribution in [0.25, 0.3) is 0 Å². The number of ether oxygens (including phenoxy) is 1. The van der Waals surface area contributed by atoms with Crippen molar-refractivity contribution in [3.8, 4) is 0 Å². The van der Waals surface area contributed by atoms with Gasteiger partial charge >= 0.3 is 12.0 Å². The number of methoxy groups -OCH3 is 1. The molecule has 0 atom stereocenters. The van der Waals surface area contributed by atoms with Crippen LogP contribution in [-0.4, -0.2) is 52.4 Å². The molecule has 2 aromatic heterocycles. The van der Waals surface area contributed by atoms with Crippen molar-refractivity contribution in [3.63, 3.8) is 0 Å². The summed E-state index contributed by atoms with van der Waals surface area (Å²) in [4.78, 5) is 43.5. The average molecular weight is 400 g/mol. The third-order valence-corrected chi connectivity index (χ3v) is 4.79. The molecule has 156 valence electrons. The third-order valence-electron chi connectivity index (χ3n) is 4.79. The predicted octanol–water partition coefficient (Wildman–Crippen LogP) is 2.72. The second-order valence-corrected chi connectivity index (χ2v) is 6.65. The Balaban J connectivity index is 2.37. The molecule has 0 saturated heterocycles. The molecule has 0 saturated carbocycles. The molecular formula is C21H28N4O4. The Morgan fingerprint density at radius 1 is 1.24 bits per heavy atom. The van der Waals surface area contributed by atoms with Crippen LogP contribution in [0.1, 0.15) is 51.5 Å². The van der Waals surface area contributed by atoms with E-state index in [1.54, 1.807) is 36.9 Å². The van der Waals surface area contributed by atoms with Crippen LogP contribution in [0.2, 0.25) is 0 Å². The molecule has 0 radical (unpaired) electrons. The number of pyridine rings is 1. The van der Waals surface area contributed by atoms with Gasteiger partial charge in [0.15, 0.2) is 5.78 Å². The lowest BCUT2D eigenvalue weighted by molar-refractivity contribution is 0.0587. The van der Waals surface area contributed by atoms with Crippen LogP contribution in [-0.2, 0) is 17.8 Å². The fourth-order valence-corrected chi connectivity index (χ4v) is 3.49. The summed E-state index contributed by atoms with van der Waals surface area (Å²) in [6.45, 7) is 8.37. The number of ketones is 1. The lowest BCUT2D eigenvalue weighted by atomic mass is 10.1. The van der Waals surface area contributed by atoms with Crippen molar-refractivity contribution in [1.82, 2.24) is 19.8 Å². The molecular weight excluding hydrogens is 372 g/mol. The van der Waals surface area contributed by atoms with Crippen molar-refractivity contribution in [2.45, 2.75) is 40.8 Å². The topological polar surface area (TPSA) is 93.5 Å². The normalized spacial score (nSPS) is 10.5. The van der Waals surface area contributed by atoms with Crippen LogP contribution in [0.3, 0.4) is 0 Å². The molecule has 0 unspecified atom stereocenters. The van der Waals surface area contributed by atoms with Gasteiger partial charge in [0, 0.05) is 43.3 Å². The summed E-state index contributed by atoms with van der Waals surface area (Å²) in [5.41, 5.74) is 2.90. The summed E-state index contributed by atoms with van der Waals surface area (Å²) in [5, 5.41) is 2.74. The van der Waals surface area contributed by atoms with E-state index in [2.05, 4.69) is 10.3 Å². The Bertz CT molecular complexity index is 890. The molecule has 0 aliphatic rings. The number of esters is 1. The van der Waals surface area contributed by atoms with Crippen LogP contribution < -0.4 is 5.32 Å². The summed E-state index contributed by atoms with van der Waals surface area (Å²) < 4.78 is 6.66. The van der Waals surface area contributed by atoms with Crippen LogP contribution in [0.4, 0.5) is 4.79 Å². The molecule has 1 N–H and O–H groups in total. The number of rotatable bonds is 8. The van der Waals surface area contributed by atoms with Crippen molar-refractivity contribution in [2.24, 2.45) is 0 Å². The fraction of sp³-hybridized carbons (Fsp3) is 0.429. The van der Waals surface area contributed by atoms with E-state index < -0.39 is 5.97 Å². The van der Waals surface area contributed by atoms with Gasteiger partial charge in [-0.25, -0.2) is 9.59 Å². The first kappa shape index (κ1) is 22.1. The molecule has 29 heavy (non-hydrogen) atoms. The number of hydrogen-bond donors (Lipinski definition) is 1. The minimum absolute atomic E-state index is 0.114. The highest BCUT2D eigenvalue weighted by atomic mass is 16.5. The van der Waals surface area contributed by atoms with E-state index in [-0.39, 0.29) is 24.9 Å². The maximum atomic E-state index is 13.2. The molecule has 0 spiro atoms. The molecule has 8 nitrogen and oxygen atoms in total. The summed E-state index contributed by atoms with van der Waals surface area (Å²) in [5.74, 6) is -0.713. The van der Waals surface area contributed by atoms with Crippen molar-refractivity contribution in [2.75, 3.05) is 20.2 Å². The van der Waals surface area contributed by atoms with E-state index in [0.717, 1.165) is 5.56 Å². The van der Waals surface area contributed by atoms with E-state index in [9.17, 15) is 14.4 Å². The Morgan fingerprint density at radius 3 is 2.52 bits per heavy atom. The van der Waals surface area contributed by atoms with Gasteiger partial charge in [-0.15, -0.1) is 0 Å². The van der Waals surface area contributed by atoms with Crippen molar-refractivity contribution < 1.29 is 19.1 Å². The third kappa shape index (κ3) is 4.82. The first-order valence-electron chi connectivity index (χ1n) is 9.58. The largest absolute Gasteiger partial charge is 0.464 e. The summed E-state index contributed by atoms with van der Waals surface area (Å²) in [7, 11) is 1.32. The molecule has 0 aromatic carbocycles. The van der Waals surface area contributed by atoms with Crippen LogP contribution in [0.15, 0.2) is 24.5 Å². The minimum atomic E-state index is -0.484. The summed E-state index contributed by atoms with van der Waals surface area (Å²) in [6.07, 6.45) is 3.32. The van der Waals surface area contributed by atoms with Gasteiger partial charge in [-0.2, -0.15) is 0 Å².